The highest BCUT2D eigenvalue weighted by Crippen LogP contribution is 2.62. The standard InChI is InChI=1S/C13H19F3O4/c1-11(2)8(9(17)19-4)7(13(14,15)16)6-12(11,3)10(18)20-5/h7-8H,6H2,1-5H3/t7-,8-,12+/m1/s1. The molecule has 1 fully saturated rings. The molecular formula is C13H19F3O4. The van der Waals surface area contributed by atoms with Crippen molar-refractivity contribution in [1.82, 2.24) is 0 Å². The fourth-order valence-electron chi connectivity index (χ4n) is 3.13. The molecule has 1 rings (SSSR count). The molecule has 0 unspecified atom stereocenters. The quantitative estimate of drug-likeness (QED) is 0.735. The molecule has 0 aromatic heterocycles. The van der Waals surface area contributed by atoms with E-state index < -0.39 is 47.2 Å². The van der Waals surface area contributed by atoms with E-state index in [9.17, 15) is 22.8 Å². The highest BCUT2D eigenvalue weighted by molar-refractivity contribution is 5.82. The molecule has 116 valence electrons. The van der Waals surface area contributed by atoms with Crippen molar-refractivity contribution >= 4 is 11.9 Å². The lowest BCUT2D eigenvalue weighted by Gasteiger charge is -2.38. The first-order valence-electron chi connectivity index (χ1n) is 6.16. The maximum atomic E-state index is 13.2. The van der Waals surface area contributed by atoms with Crippen molar-refractivity contribution in [3.8, 4) is 0 Å². The van der Waals surface area contributed by atoms with Gasteiger partial charge in [-0.3, -0.25) is 9.59 Å². The van der Waals surface area contributed by atoms with E-state index in [4.69, 9.17) is 0 Å². The minimum Gasteiger partial charge on any atom is -0.469 e. The van der Waals surface area contributed by atoms with E-state index >= 15 is 0 Å². The van der Waals surface area contributed by atoms with Crippen LogP contribution in [0, 0.1) is 22.7 Å². The average Bonchev–Trinajstić information content (AvgIpc) is 2.56. The zero-order chi connectivity index (χ0) is 15.9. The fraction of sp³-hybridized carbons (Fsp3) is 0.846. The molecule has 20 heavy (non-hydrogen) atoms. The third-order valence-corrected chi connectivity index (χ3v) is 4.74. The minimum atomic E-state index is -4.58. The molecule has 0 saturated heterocycles. The molecule has 0 radical (unpaired) electrons. The van der Waals surface area contributed by atoms with Crippen molar-refractivity contribution in [3.63, 3.8) is 0 Å². The van der Waals surface area contributed by atoms with E-state index in [1.807, 2.05) is 0 Å². The molecular weight excluding hydrogens is 277 g/mol. The van der Waals surface area contributed by atoms with Crippen LogP contribution in [0.5, 0.6) is 0 Å². The Labute approximate surface area is 115 Å². The molecule has 0 bridgehead atoms. The molecule has 1 aliphatic carbocycles. The smallest absolute Gasteiger partial charge is 0.392 e. The molecule has 0 aliphatic heterocycles. The van der Waals surface area contributed by atoms with Gasteiger partial charge in [-0.2, -0.15) is 13.2 Å². The van der Waals surface area contributed by atoms with Gasteiger partial charge in [-0.1, -0.05) is 13.8 Å². The summed E-state index contributed by atoms with van der Waals surface area (Å²) in [7, 11) is 2.16. The van der Waals surface area contributed by atoms with Gasteiger partial charge in [0.2, 0.25) is 0 Å². The van der Waals surface area contributed by atoms with Crippen LogP contribution in [-0.4, -0.2) is 32.3 Å². The first-order valence-corrected chi connectivity index (χ1v) is 6.16. The number of methoxy groups -OCH3 is 2. The summed E-state index contributed by atoms with van der Waals surface area (Å²) in [5, 5.41) is 0. The van der Waals surface area contributed by atoms with Crippen LogP contribution < -0.4 is 0 Å². The summed E-state index contributed by atoms with van der Waals surface area (Å²) in [6.45, 7) is 4.34. The van der Waals surface area contributed by atoms with Crippen molar-refractivity contribution in [1.29, 1.82) is 0 Å². The third kappa shape index (κ3) is 2.27. The lowest BCUT2D eigenvalue weighted by molar-refractivity contribution is -0.197. The Balaban J connectivity index is 3.38. The number of carbonyl (C=O) groups excluding carboxylic acids is 2. The number of alkyl halides is 3. The molecule has 7 heteroatoms. The van der Waals surface area contributed by atoms with Gasteiger partial charge in [0.05, 0.1) is 31.5 Å². The highest BCUT2D eigenvalue weighted by Gasteiger charge is 2.69. The van der Waals surface area contributed by atoms with Gasteiger partial charge in [0.25, 0.3) is 0 Å². The van der Waals surface area contributed by atoms with Crippen LogP contribution in [0.2, 0.25) is 0 Å². The highest BCUT2D eigenvalue weighted by atomic mass is 19.4. The minimum absolute atomic E-state index is 0.490. The van der Waals surface area contributed by atoms with Crippen LogP contribution >= 0.6 is 0 Å². The Morgan fingerprint density at radius 1 is 1.10 bits per heavy atom. The molecule has 3 atom stereocenters. The number of hydrogen-bond acceptors (Lipinski definition) is 4. The number of hydrogen-bond donors (Lipinski definition) is 0. The summed E-state index contributed by atoms with van der Waals surface area (Å²) >= 11 is 0. The first-order chi connectivity index (χ1) is 8.93. The fourth-order valence-corrected chi connectivity index (χ4v) is 3.13. The summed E-state index contributed by atoms with van der Waals surface area (Å²) in [6.07, 6.45) is -5.07. The maximum Gasteiger partial charge on any atom is 0.392 e. The second kappa shape index (κ2) is 4.93. The van der Waals surface area contributed by atoms with Gasteiger partial charge in [0.1, 0.15) is 0 Å². The van der Waals surface area contributed by atoms with Gasteiger partial charge in [0.15, 0.2) is 0 Å². The Morgan fingerprint density at radius 3 is 1.95 bits per heavy atom. The number of rotatable bonds is 2. The Kier molecular flexibility index (Phi) is 4.14. The van der Waals surface area contributed by atoms with E-state index in [-0.39, 0.29) is 0 Å². The largest absolute Gasteiger partial charge is 0.469 e. The topological polar surface area (TPSA) is 52.6 Å². The summed E-state index contributed by atoms with van der Waals surface area (Å²) in [5.41, 5.74) is -2.63. The van der Waals surface area contributed by atoms with Crippen molar-refractivity contribution in [2.45, 2.75) is 33.4 Å². The van der Waals surface area contributed by atoms with Gasteiger partial charge < -0.3 is 9.47 Å². The monoisotopic (exact) mass is 296 g/mol. The second-order valence-electron chi connectivity index (χ2n) is 5.90. The molecule has 0 aromatic rings. The average molecular weight is 296 g/mol. The van der Waals surface area contributed by atoms with E-state index in [1.165, 1.54) is 20.8 Å². The van der Waals surface area contributed by atoms with Crippen LogP contribution in [0.25, 0.3) is 0 Å². The summed E-state index contributed by atoms with van der Waals surface area (Å²) in [6, 6.07) is 0. The predicted octanol–water partition coefficient (Wildman–Crippen LogP) is 2.56. The lowest BCUT2D eigenvalue weighted by Crippen LogP contribution is -2.44. The number of ether oxygens (including phenoxy) is 2. The van der Waals surface area contributed by atoms with E-state index in [0.717, 1.165) is 14.2 Å². The van der Waals surface area contributed by atoms with E-state index in [1.54, 1.807) is 0 Å². The molecule has 0 spiro atoms. The van der Waals surface area contributed by atoms with Crippen LogP contribution in [-0.2, 0) is 19.1 Å². The van der Waals surface area contributed by atoms with Gasteiger partial charge >= 0.3 is 18.1 Å². The Bertz CT molecular complexity index is 416. The van der Waals surface area contributed by atoms with Crippen molar-refractivity contribution in [2.24, 2.45) is 22.7 Å². The molecule has 0 N–H and O–H groups in total. The van der Waals surface area contributed by atoms with E-state index in [2.05, 4.69) is 9.47 Å². The molecule has 4 nitrogen and oxygen atoms in total. The zero-order valence-electron chi connectivity index (χ0n) is 12.1. The molecule has 0 aromatic carbocycles. The van der Waals surface area contributed by atoms with Crippen LogP contribution in [0.3, 0.4) is 0 Å². The van der Waals surface area contributed by atoms with Gasteiger partial charge in [0, 0.05) is 0 Å². The zero-order valence-corrected chi connectivity index (χ0v) is 12.1. The number of carbonyl (C=O) groups is 2. The molecule has 1 aliphatic rings. The van der Waals surface area contributed by atoms with Gasteiger partial charge in [-0.25, -0.2) is 0 Å². The van der Waals surface area contributed by atoms with Gasteiger partial charge in [-0.05, 0) is 18.8 Å². The maximum absolute atomic E-state index is 13.2. The summed E-state index contributed by atoms with van der Waals surface area (Å²) < 4.78 is 48.8. The number of halogens is 3. The van der Waals surface area contributed by atoms with Crippen LogP contribution in [0.1, 0.15) is 27.2 Å². The number of esters is 2. The molecule has 0 heterocycles. The third-order valence-electron chi connectivity index (χ3n) is 4.74. The van der Waals surface area contributed by atoms with E-state index in [0.29, 0.717) is 0 Å². The Hall–Kier alpha value is -1.27. The summed E-state index contributed by atoms with van der Waals surface area (Å²) in [5.74, 6) is -5.06. The first kappa shape index (κ1) is 16.8. The van der Waals surface area contributed by atoms with Gasteiger partial charge in [-0.15, -0.1) is 0 Å². The SMILES string of the molecule is COC(=O)[C@H]1[C@H](C(F)(F)F)C[C@@](C)(C(=O)OC)C1(C)C. The van der Waals surface area contributed by atoms with Crippen molar-refractivity contribution < 1.29 is 32.2 Å². The summed E-state index contributed by atoms with van der Waals surface area (Å²) in [4.78, 5) is 23.7. The normalized spacial score (nSPS) is 32.8. The molecule has 1 saturated carbocycles. The van der Waals surface area contributed by atoms with Crippen molar-refractivity contribution in [3.05, 3.63) is 0 Å². The lowest BCUT2D eigenvalue weighted by atomic mass is 9.65. The predicted molar refractivity (Wildman–Crippen MR) is 63.6 cm³/mol. The Morgan fingerprint density at radius 2 is 1.60 bits per heavy atom. The second-order valence-corrected chi connectivity index (χ2v) is 5.90. The van der Waals surface area contributed by atoms with Crippen LogP contribution in [0.4, 0.5) is 13.2 Å². The molecule has 0 amide bonds. The van der Waals surface area contributed by atoms with Crippen LogP contribution in [0.15, 0.2) is 0 Å². The van der Waals surface area contributed by atoms with Crippen molar-refractivity contribution in [2.75, 3.05) is 14.2 Å².